The first-order valence-corrected chi connectivity index (χ1v) is 8.72. The molecule has 0 bridgehead atoms. The predicted octanol–water partition coefficient (Wildman–Crippen LogP) is 2.09. The minimum absolute atomic E-state index is 0.233. The van der Waals surface area contributed by atoms with Crippen LogP contribution in [-0.4, -0.2) is 47.8 Å². The van der Waals surface area contributed by atoms with Gasteiger partial charge in [-0.15, -0.1) is 0 Å². The average Bonchev–Trinajstić information content (AvgIpc) is 2.98. The molecule has 1 aromatic heterocycles. The van der Waals surface area contributed by atoms with E-state index in [0.29, 0.717) is 6.54 Å². The Morgan fingerprint density at radius 2 is 2.12 bits per heavy atom. The van der Waals surface area contributed by atoms with E-state index in [0.717, 1.165) is 19.0 Å². The fraction of sp³-hybridized carbons (Fsp3) is 0.474. The summed E-state index contributed by atoms with van der Waals surface area (Å²) in [6, 6.07) is 8.69. The van der Waals surface area contributed by atoms with Gasteiger partial charge < -0.3 is 15.5 Å². The molecule has 1 atom stereocenters. The summed E-state index contributed by atoms with van der Waals surface area (Å²) < 4.78 is 1.84. The van der Waals surface area contributed by atoms with Gasteiger partial charge in [0.1, 0.15) is 0 Å². The van der Waals surface area contributed by atoms with Crippen molar-refractivity contribution in [3.63, 3.8) is 0 Å². The van der Waals surface area contributed by atoms with E-state index in [9.17, 15) is 0 Å². The molecule has 0 fully saturated rings. The van der Waals surface area contributed by atoms with Crippen LogP contribution in [-0.2, 0) is 13.6 Å². The van der Waals surface area contributed by atoms with Crippen molar-refractivity contribution in [3.8, 4) is 0 Å². The summed E-state index contributed by atoms with van der Waals surface area (Å²) in [6.45, 7) is 6.44. The van der Waals surface area contributed by atoms with Gasteiger partial charge in [0.15, 0.2) is 5.96 Å². The largest absolute Gasteiger partial charge is 0.357 e. The zero-order valence-corrected chi connectivity index (χ0v) is 16.0. The summed E-state index contributed by atoms with van der Waals surface area (Å²) in [7, 11) is 6.10. The number of likely N-dealkylation sites (N-methyl/N-ethyl adjacent to an activating group) is 1. The van der Waals surface area contributed by atoms with Gasteiger partial charge in [-0.05, 0) is 33.5 Å². The van der Waals surface area contributed by atoms with Gasteiger partial charge in [-0.25, -0.2) is 4.99 Å². The summed E-state index contributed by atoms with van der Waals surface area (Å²) in [5.74, 6) is 0.833. The molecule has 0 amide bonds. The van der Waals surface area contributed by atoms with Crippen LogP contribution in [0, 0.1) is 6.92 Å². The Hall–Kier alpha value is -2.34. The topological polar surface area (TPSA) is 57.5 Å². The Morgan fingerprint density at radius 3 is 2.72 bits per heavy atom. The lowest BCUT2D eigenvalue weighted by molar-refractivity contribution is 0.298. The minimum atomic E-state index is 0.233. The maximum Gasteiger partial charge on any atom is 0.191 e. The molecule has 6 nitrogen and oxygen atoms in total. The van der Waals surface area contributed by atoms with Gasteiger partial charge in [-0.2, -0.15) is 5.10 Å². The normalized spacial score (nSPS) is 13.1. The molecule has 2 N–H and O–H groups in total. The van der Waals surface area contributed by atoms with Crippen LogP contribution in [0.15, 0.2) is 41.7 Å². The van der Waals surface area contributed by atoms with Crippen molar-refractivity contribution in [2.75, 3.05) is 27.2 Å². The molecule has 0 aliphatic heterocycles. The van der Waals surface area contributed by atoms with Gasteiger partial charge >= 0.3 is 0 Å². The Balaban J connectivity index is 2.03. The quantitative estimate of drug-likeness (QED) is 0.597. The number of benzene rings is 1. The van der Waals surface area contributed by atoms with E-state index in [1.54, 1.807) is 0 Å². The minimum Gasteiger partial charge on any atom is -0.357 e. The lowest BCUT2D eigenvalue weighted by atomic mass is 10.1. The lowest BCUT2D eigenvalue weighted by Crippen LogP contribution is -2.41. The van der Waals surface area contributed by atoms with Crippen molar-refractivity contribution in [2.45, 2.75) is 26.4 Å². The van der Waals surface area contributed by atoms with Gasteiger partial charge in [-0.3, -0.25) is 4.68 Å². The van der Waals surface area contributed by atoms with E-state index < -0.39 is 0 Å². The van der Waals surface area contributed by atoms with Gasteiger partial charge in [-0.1, -0.05) is 29.8 Å². The number of nitrogens with zero attached hydrogens (tertiary/aromatic N) is 4. The molecular weight excluding hydrogens is 312 g/mol. The summed E-state index contributed by atoms with van der Waals surface area (Å²) in [5, 5.41) is 11.1. The highest BCUT2D eigenvalue weighted by molar-refractivity contribution is 5.79. The number of nitrogens with one attached hydrogen (secondary N) is 2. The van der Waals surface area contributed by atoms with E-state index >= 15 is 0 Å². The third-order valence-corrected chi connectivity index (χ3v) is 4.04. The van der Waals surface area contributed by atoms with E-state index in [1.807, 2.05) is 17.9 Å². The van der Waals surface area contributed by atoms with E-state index in [4.69, 9.17) is 4.99 Å². The predicted molar refractivity (Wildman–Crippen MR) is 104 cm³/mol. The zero-order chi connectivity index (χ0) is 18.2. The number of aryl methyl sites for hydroxylation is 2. The monoisotopic (exact) mass is 342 g/mol. The van der Waals surface area contributed by atoms with Gasteiger partial charge in [0.2, 0.25) is 0 Å². The number of hydrogen-bond donors (Lipinski definition) is 2. The molecule has 25 heavy (non-hydrogen) atoms. The highest BCUT2D eigenvalue weighted by Gasteiger charge is 2.16. The molecule has 0 saturated carbocycles. The Bertz CT molecular complexity index is 689. The smallest absolute Gasteiger partial charge is 0.191 e. The van der Waals surface area contributed by atoms with E-state index in [-0.39, 0.29) is 6.04 Å². The van der Waals surface area contributed by atoms with E-state index in [1.165, 1.54) is 16.7 Å². The summed E-state index contributed by atoms with van der Waals surface area (Å²) in [5.41, 5.74) is 3.66. The summed E-state index contributed by atoms with van der Waals surface area (Å²) in [4.78, 5) is 6.90. The molecule has 1 heterocycles. The number of rotatable bonds is 7. The fourth-order valence-electron chi connectivity index (χ4n) is 2.73. The molecule has 0 spiro atoms. The van der Waals surface area contributed by atoms with Crippen molar-refractivity contribution >= 4 is 5.96 Å². The summed E-state index contributed by atoms with van der Waals surface area (Å²) >= 11 is 0. The highest BCUT2D eigenvalue weighted by atomic mass is 15.3. The second kappa shape index (κ2) is 9.22. The van der Waals surface area contributed by atoms with E-state index in [2.05, 4.69) is 79.0 Å². The molecule has 0 radical (unpaired) electrons. The van der Waals surface area contributed by atoms with Crippen molar-refractivity contribution in [3.05, 3.63) is 53.3 Å². The first-order chi connectivity index (χ1) is 12.0. The Morgan fingerprint density at radius 1 is 1.32 bits per heavy atom. The molecule has 2 aromatic rings. The molecule has 0 saturated heterocycles. The van der Waals surface area contributed by atoms with Crippen LogP contribution in [0.1, 0.15) is 29.7 Å². The first-order valence-electron chi connectivity index (χ1n) is 8.72. The van der Waals surface area contributed by atoms with Crippen molar-refractivity contribution in [1.29, 1.82) is 0 Å². The number of hydrogen-bond acceptors (Lipinski definition) is 3. The molecule has 6 heteroatoms. The fourth-order valence-corrected chi connectivity index (χ4v) is 2.73. The van der Waals surface area contributed by atoms with Gasteiger partial charge in [0, 0.05) is 31.9 Å². The maximum absolute atomic E-state index is 4.71. The second-order valence-corrected chi connectivity index (χ2v) is 6.49. The van der Waals surface area contributed by atoms with Crippen molar-refractivity contribution < 1.29 is 0 Å². The van der Waals surface area contributed by atoms with Gasteiger partial charge in [0.05, 0.1) is 18.8 Å². The van der Waals surface area contributed by atoms with Crippen LogP contribution in [0.4, 0.5) is 0 Å². The van der Waals surface area contributed by atoms with Gasteiger partial charge in [0.25, 0.3) is 0 Å². The molecule has 2 rings (SSSR count). The molecule has 1 aromatic carbocycles. The SMILES string of the molecule is CCNC(=NCc1cccc(C)c1)NCC(c1cnn(C)c1)N(C)C. The maximum atomic E-state index is 4.71. The standard InChI is InChI=1S/C19H30N6/c1-6-20-19(21-11-16-9-7-8-15(2)10-16)22-13-18(24(3)4)17-12-23-25(5)14-17/h7-10,12,14,18H,6,11,13H2,1-5H3,(H2,20,21,22). The van der Waals surface area contributed by atoms with Crippen LogP contribution >= 0.6 is 0 Å². The molecule has 136 valence electrons. The zero-order valence-electron chi connectivity index (χ0n) is 16.0. The molecule has 0 aliphatic carbocycles. The molecular formula is C19H30N6. The van der Waals surface area contributed by atoms with Crippen molar-refractivity contribution in [1.82, 2.24) is 25.3 Å². The van der Waals surface area contributed by atoms with Crippen LogP contribution in [0.2, 0.25) is 0 Å². The third kappa shape index (κ3) is 5.90. The van der Waals surface area contributed by atoms with Crippen molar-refractivity contribution in [2.24, 2.45) is 12.0 Å². The highest BCUT2D eigenvalue weighted by Crippen LogP contribution is 2.16. The van der Waals surface area contributed by atoms with Crippen LogP contribution in [0.25, 0.3) is 0 Å². The number of guanidine groups is 1. The first kappa shape index (κ1) is 19.0. The molecule has 1 unspecified atom stereocenters. The second-order valence-electron chi connectivity index (χ2n) is 6.49. The van der Waals surface area contributed by atoms with Crippen LogP contribution < -0.4 is 10.6 Å². The number of aromatic nitrogens is 2. The average molecular weight is 342 g/mol. The van der Waals surface area contributed by atoms with Crippen LogP contribution in [0.5, 0.6) is 0 Å². The van der Waals surface area contributed by atoms with Crippen LogP contribution in [0.3, 0.4) is 0 Å². The number of aliphatic imine (C=N–C) groups is 1. The molecule has 0 aliphatic rings. The lowest BCUT2D eigenvalue weighted by Gasteiger charge is -2.24. The Labute approximate surface area is 151 Å². The summed E-state index contributed by atoms with van der Waals surface area (Å²) in [6.07, 6.45) is 3.98. The third-order valence-electron chi connectivity index (χ3n) is 4.04. The Kier molecular flexibility index (Phi) is 7.01.